The lowest BCUT2D eigenvalue weighted by atomic mass is 10.2. The lowest BCUT2D eigenvalue weighted by molar-refractivity contribution is 0.415. The normalized spacial score (nSPS) is 10.9. The molecule has 0 amide bonds. The number of rotatable bonds is 3. The quantitative estimate of drug-likeness (QED) is 0.740. The van der Waals surface area contributed by atoms with Gasteiger partial charge in [0, 0.05) is 26.0 Å². The summed E-state index contributed by atoms with van der Waals surface area (Å²) in [5, 5.41) is 0. The third-order valence-corrected chi connectivity index (χ3v) is 3.59. The molecule has 0 aliphatic carbocycles. The average molecular weight is 281 g/mol. The molecule has 0 radical (unpaired) electrons. The van der Waals surface area contributed by atoms with Gasteiger partial charge in [0.25, 0.3) is 0 Å². The molecule has 2 aromatic heterocycles. The van der Waals surface area contributed by atoms with Crippen LogP contribution in [-0.2, 0) is 7.05 Å². The molecule has 0 atom stereocenters. The van der Waals surface area contributed by atoms with Crippen molar-refractivity contribution in [3.8, 4) is 5.75 Å². The summed E-state index contributed by atoms with van der Waals surface area (Å²) in [7, 11) is 5.68. The first-order chi connectivity index (χ1) is 10.1. The SMILES string of the molecule is Cc1nc(N(C)c2ccc(O[11CH3])cc2)c2c(ccn2C)n1. The Bertz CT molecular complexity index is 777. The molecule has 0 saturated carbocycles. The Labute approximate surface area is 123 Å². The van der Waals surface area contributed by atoms with E-state index in [1.54, 1.807) is 7.11 Å². The second kappa shape index (κ2) is 5.09. The van der Waals surface area contributed by atoms with Gasteiger partial charge in [0.15, 0.2) is 5.82 Å². The second-order valence-corrected chi connectivity index (χ2v) is 5.01. The molecule has 1 aromatic carbocycles. The second-order valence-electron chi connectivity index (χ2n) is 5.01. The average Bonchev–Trinajstić information content (AvgIpc) is 2.87. The molecule has 5 heteroatoms. The molecule has 0 bridgehead atoms. The van der Waals surface area contributed by atoms with E-state index in [4.69, 9.17) is 4.74 Å². The van der Waals surface area contributed by atoms with Crippen LogP contribution in [0.4, 0.5) is 11.5 Å². The molecule has 0 fully saturated rings. The maximum Gasteiger partial charge on any atom is 0.161 e. The van der Waals surface area contributed by atoms with Crippen molar-refractivity contribution in [2.24, 2.45) is 7.05 Å². The Morgan fingerprint density at radius 2 is 1.81 bits per heavy atom. The summed E-state index contributed by atoms with van der Waals surface area (Å²) in [4.78, 5) is 11.2. The molecule has 0 aliphatic heterocycles. The van der Waals surface area contributed by atoms with Crippen LogP contribution < -0.4 is 9.64 Å². The van der Waals surface area contributed by atoms with Gasteiger partial charge in [-0.25, -0.2) is 9.97 Å². The number of ether oxygens (including phenoxy) is 1. The highest BCUT2D eigenvalue weighted by Gasteiger charge is 2.14. The largest absolute Gasteiger partial charge is 0.497 e. The van der Waals surface area contributed by atoms with Crippen LogP contribution in [0.3, 0.4) is 0 Å². The van der Waals surface area contributed by atoms with E-state index in [0.29, 0.717) is 0 Å². The minimum Gasteiger partial charge on any atom is -0.497 e. The fourth-order valence-electron chi connectivity index (χ4n) is 2.45. The summed E-state index contributed by atoms with van der Waals surface area (Å²) in [5.41, 5.74) is 3.04. The molecule has 0 aliphatic rings. The lowest BCUT2D eigenvalue weighted by Gasteiger charge is -2.20. The summed E-state index contributed by atoms with van der Waals surface area (Å²) in [6, 6.07) is 9.94. The molecule has 3 aromatic rings. The minimum atomic E-state index is 0.768. The number of hydrogen-bond acceptors (Lipinski definition) is 4. The van der Waals surface area contributed by atoms with Crippen LogP contribution in [-0.4, -0.2) is 28.7 Å². The Morgan fingerprint density at radius 1 is 1.10 bits per heavy atom. The van der Waals surface area contributed by atoms with Crippen molar-refractivity contribution in [3.05, 3.63) is 42.4 Å². The fourth-order valence-corrected chi connectivity index (χ4v) is 2.45. The van der Waals surface area contributed by atoms with Crippen LogP contribution in [0.15, 0.2) is 36.5 Å². The maximum atomic E-state index is 5.20. The topological polar surface area (TPSA) is 43.2 Å². The zero-order valence-electron chi connectivity index (χ0n) is 12.7. The maximum absolute atomic E-state index is 5.20. The van der Waals surface area contributed by atoms with Crippen LogP contribution in [0, 0.1) is 6.92 Å². The van der Waals surface area contributed by atoms with Crippen molar-refractivity contribution in [2.45, 2.75) is 6.92 Å². The summed E-state index contributed by atoms with van der Waals surface area (Å²) >= 11 is 0. The van der Waals surface area contributed by atoms with Gasteiger partial charge in [-0.15, -0.1) is 0 Å². The van der Waals surface area contributed by atoms with E-state index in [1.165, 1.54) is 0 Å². The van der Waals surface area contributed by atoms with E-state index in [1.807, 2.05) is 62.1 Å². The molecule has 0 spiro atoms. The van der Waals surface area contributed by atoms with E-state index >= 15 is 0 Å². The van der Waals surface area contributed by atoms with Gasteiger partial charge in [0.05, 0.1) is 12.6 Å². The van der Waals surface area contributed by atoms with E-state index in [2.05, 4.69) is 14.9 Å². The molecular formula is C16H18N4O. The number of fused-ring (bicyclic) bond motifs is 1. The van der Waals surface area contributed by atoms with Crippen molar-refractivity contribution in [2.75, 3.05) is 19.1 Å². The Balaban J connectivity index is 2.11. The number of methoxy groups -OCH3 is 1. The number of aromatic nitrogens is 3. The highest BCUT2D eigenvalue weighted by atomic mass is 16.4. The van der Waals surface area contributed by atoms with E-state index in [-0.39, 0.29) is 0 Å². The molecule has 2 heterocycles. The lowest BCUT2D eigenvalue weighted by Crippen LogP contribution is -2.13. The minimum absolute atomic E-state index is 0.768. The molecule has 5 nitrogen and oxygen atoms in total. The highest BCUT2D eigenvalue weighted by molar-refractivity contribution is 5.89. The van der Waals surface area contributed by atoms with E-state index in [9.17, 15) is 0 Å². The fraction of sp³-hybridized carbons (Fsp3) is 0.250. The van der Waals surface area contributed by atoms with Crippen LogP contribution >= 0.6 is 0 Å². The van der Waals surface area contributed by atoms with Crippen molar-refractivity contribution in [3.63, 3.8) is 0 Å². The third-order valence-electron chi connectivity index (χ3n) is 3.59. The molecule has 21 heavy (non-hydrogen) atoms. The monoisotopic (exact) mass is 281 g/mol. The molecule has 0 saturated heterocycles. The zero-order valence-corrected chi connectivity index (χ0v) is 12.7. The third kappa shape index (κ3) is 2.31. The van der Waals surface area contributed by atoms with E-state index < -0.39 is 0 Å². The van der Waals surface area contributed by atoms with Crippen LogP contribution in [0.2, 0.25) is 0 Å². The Kier molecular flexibility index (Phi) is 3.25. The summed E-state index contributed by atoms with van der Waals surface area (Å²) in [6.45, 7) is 1.91. The van der Waals surface area contributed by atoms with Gasteiger partial charge in [-0.2, -0.15) is 0 Å². The number of nitrogens with zero attached hydrogens (tertiary/aromatic N) is 4. The Hall–Kier alpha value is -2.56. The van der Waals surface area contributed by atoms with Crippen LogP contribution in [0.25, 0.3) is 11.0 Å². The standard InChI is InChI=1S/C16H18N4O/c1-11-17-14-9-10-19(2)15(14)16(18-11)20(3)12-5-7-13(21-4)8-6-12/h5-10H,1-4H3/i4-1. The van der Waals surface area contributed by atoms with Crippen molar-refractivity contribution in [1.29, 1.82) is 0 Å². The molecule has 3 rings (SSSR count). The smallest absolute Gasteiger partial charge is 0.161 e. The predicted octanol–water partition coefficient (Wildman–Crippen LogP) is 3.05. The first-order valence-corrected chi connectivity index (χ1v) is 6.77. The van der Waals surface area contributed by atoms with Crippen LogP contribution in [0.5, 0.6) is 5.75 Å². The van der Waals surface area contributed by atoms with Gasteiger partial charge < -0.3 is 14.2 Å². The van der Waals surface area contributed by atoms with Gasteiger partial charge in [-0.3, -0.25) is 0 Å². The zero-order chi connectivity index (χ0) is 15.0. The summed E-state index contributed by atoms with van der Waals surface area (Å²) < 4.78 is 7.25. The predicted molar refractivity (Wildman–Crippen MR) is 84.3 cm³/mol. The number of hydrogen-bond donors (Lipinski definition) is 0. The van der Waals surface area contributed by atoms with Crippen molar-refractivity contribution in [1.82, 2.24) is 14.5 Å². The van der Waals surface area contributed by atoms with Gasteiger partial charge in [0.1, 0.15) is 17.1 Å². The molecule has 0 unspecified atom stereocenters. The Morgan fingerprint density at radius 3 is 2.48 bits per heavy atom. The van der Waals surface area contributed by atoms with Gasteiger partial charge in [-0.05, 0) is 37.3 Å². The van der Waals surface area contributed by atoms with Crippen molar-refractivity contribution < 1.29 is 4.74 Å². The summed E-state index contributed by atoms with van der Waals surface area (Å²) in [5.74, 6) is 2.51. The van der Waals surface area contributed by atoms with Crippen molar-refractivity contribution >= 4 is 22.5 Å². The summed E-state index contributed by atoms with van der Waals surface area (Å²) in [6.07, 6.45) is 2.00. The van der Waals surface area contributed by atoms with Gasteiger partial charge >= 0.3 is 0 Å². The molecule has 108 valence electrons. The van der Waals surface area contributed by atoms with Gasteiger partial charge in [-0.1, -0.05) is 0 Å². The first-order valence-electron chi connectivity index (χ1n) is 6.77. The van der Waals surface area contributed by atoms with E-state index in [0.717, 1.165) is 34.1 Å². The number of anilines is 2. The number of aryl methyl sites for hydroxylation is 2. The number of benzene rings is 1. The highest BCUT2D eigenvalue weighted by Crippen LogP contribution is 2.29. The molecule has 0 N–H and O–H groups in total. The van der Waals surface area contributed by atoms with Crippen LogP contribution in [0.1, 0.15) is 5.82 Å². The molecular weight excluding hydrogens is 263 g/mol. The van der Waals surface area contributed by atoms with Gasteiger partial charge in [0.2, 0.25) is 0 Å². The first kappa shape index (κ1) is 13.4.